The maximum Gasteiger partial charge on any atom is 0.0319 e. The van der Waals surface area contributed by atoms with Gasteiger partial charge < -0.3 is 11.5 Å². The van der Waals surface area contributed by atoms with Crippen molar-refractivity contribution in [2.75, 3.05) is 5.73 Å². The molecule has 0 saturated heterocycles. The lowest BCUT2D eigenvalue weighted by Gasteiger charge is -2.07. The van der Waals surface area contributed by atoms with Crippen LogP contribution in [0.2, 0.25) is 0 Å². The van der Waals surface area contributed by atoms with Gasteiger partial charge in [-0.15, -0.1) is 0 Å². The summed E-state index contributed by atoms with van der Waals surface area (Å²) in [5, 5.41) is 0. The fraction of sp³-hybridized carbons (Fsp3) is 0.400. The predicted molar refractivity (Wildman–Crippen MR) is 52.9 cm³/mol. The van der Waals surface area contributed by atoms with Gasteiger partial charge in [0.1, 0.15) is 0 Å². The Morgan fingerprint density at radius 3 is 2.50 bits per heavy atom. The van der Waals surface area contributed by atoms with Crippen LogP contribution in [0.5, 0.6) is 0 Å². The first-order valence-corrected chi connectivity index (χ1v) is 4.19. The van der Waals surface area contributed by atoms with Crippen LogP contribution >= 0.6 is 0 Å². The van der Waals surface area contributed by atoms with Crippen molar-refractivity contribution in [3.05, 3.63) is 29.3 Å². The van der Waals surface area contributed by atoms with Crippen LogP contribution in [0.3, 0.4) is 0 Å². The summed E-state index contributed by atoms with van der Waals surface area (Å²) in [5.74, 6) is 0. The van der Waals surface area contributed by atoms with Gasteiger partial charge in [-0.1, -0.05) is 6.07 Å². The standard InChI is InChI=1S/C10H16N2/c1-7-3-9(5-8(2)11)6-10(12)4-7/h3-4,6,8H,5,11-12H2,1-2H3. The second-order valence-electron chi connectivity index (χ2n) is 3.43. The Labute approximate surface area is 73.6 Å². The Morgan fingerprint density at radius 1 is 1.33 bits per heavy atom. The van der Waals surface area contributed by atoms with Gasteiger partial charge in [0.25, 0.3) is 0 Å². The van der Waals surface area contributed by atoms with E-state index >= 15 is 0 Å². The van der Waals surface area contributed by atoms with E-state index in [0.717, 1.165) is 12.1 Å². The molecule has 0 aromatic heterocycles. The van der Waals surface area contributed by atoms with Gasteiger partial charge in [0, 0.05) is 11.7 Å². The fourth-order valence-corrected chi connectivity index (χ4v) is 1.38. The molecular weight excluding hydrogens is 148 g/mol. The van der Waals surface area contributed by atoms with Crippen molar-refractivity contribution in [2.45, 2.75) is 26.3 Å². The van der Waals surface area contributed by atoms with Crippen LogP contribution in [0.1, 0.15) is 18.1 Å². The molecule has 0 bridgehead atoms. The van der Waals surface area contributed by atoms with Gasteiger partial charge in [-0.2, -0.15) is 0 Å². The first-order valence-electron chi connectivity index (χ1n) is 4.19. The van der Waals surface area contributed by atoms with E-state index in [2.05, 4.69) is 6.07 Å². The number of hydrogen-bond acceptors (Lipinski definition) is 2. The molecule has 1 aromatic carbocycles. The molecule has 0 saturated carbocycles. The van der Waals surface area contributed by atoms with Crippen molar-refractivity contribution in [1.82, 2.24) is 0 Å². The van der Waals surface area contributed by atoms with Crippen LogP contribution in [0.25, 0.3) is 0 Å². The van der Waals surface area contributed by atoms with E-state index < -0.39 is 0 Å². The first-order chi connectivity index (χ1) is 5.58. The van der Waals surface area contributed by atoms with E-state index in [1.54, 1.807) is 0 Å². The molecule has 1 rings (SSSR count). The number of benzene rings is 1. The lowest BCUT2D eigenvalue weighted by molar-refractivity contribution is 0.738. The minimum Gasteiger partial charge on any atom is -0.399 e. The van der Waals surface area contributed by atoms with Gasteiger partial charge >= 0.3 is 0 Å². The van der Waals surface area contributed by atoms with Gasteiger partial charge in [-0.05, 0) is 43.5 Å². The smallest absolute Gasteiger partial charge is 0.0319 e. The largest absolute Gasteiger partial charge is 0.399 e. The molecule has 0 amide bonds. The van der Waals surface area contributed by atoms with E-state index in [9.17, 15) is 0 Å². The van der Waals surface area contributed by atoms with E-state index in [1.165, 1.54) is 11.1 Å². The first kappa shape index (κ1) is 9.07. The van der Waals surface area contributed by atoms with Crippen LogP contribution < -0.4 is 11.5 Å². The lowest BCUT2D eigenvalue weighted by atomic mass is 10.0. The maximum absolute atomic E-state index is 5.69. The summed E-state index contributed by atoms with van der Waals surface area (Å²) in [4.78, 5) is 0. The molecule has 1 unspecified atom stereocenters. The minimum atomic E-state index is 0.200. The third-order valence-corrected chi connectivity index (χ3v) is 1.72. The fourth-order valence-electron chi connectivity index (χ4n) is 1.38. The molecule has 66 valence electrons. The Hall–Kier alpha value is -1.02. The van der Waals surface area contributed by atoms with Crippen molar-refractivity contribution in [2.24, 2.45) is 5.73 Å². The summed E-state index contributed by atoms with van der Waals surface area (Å²) in [6.07, 6.45) is 0.895. The Balaban J connectivity index is 2.85. The highest BCUT2D eigenvalue weighted by atomic mass is 14.6. The number of nitrogens with two attached hydrogens (primary N) is 2. The number of hydrogen-bond donors (Lipinski definition) is 2. The van der Waals surface area contributed by atoms with E-state index in [0.29, 0.717) is 0 Å². The summed E-state index contributed by atoms with van der Waals surface area (Å²) >= 11 is 0. The molecule has 0 aliphatic heterocycles. The highest BCUT2D eigenvalue weighted by Crippen LogP contribution is 2.12. The van der Waals surface area contributed by atoms with Crippen molar-refractivity contribution in [1.29, 1.82) is 0 Å². The lowest BCUT2D eigenvalue weighted by Crippen LogP contribution is -2.17. The Morgan fingerprint density at radius 2 is 2.00 bits per heavy atom. The molecule has 0 radical (unpaired) electrons. The third-order valence-electron chi connectivity index (χ3n) is 1.72. The van der Waals surface area contributed by atoms with Crippen molar-refractivity contribution >= 4 is 5.69 Å². The van der Waals surface area contributed by atoms with Crippen LogP contribution in [-0.4, -0.2) is 6.04 Å². The molecule has 0 aliphatic rings. The van der Waals surface area contributed by atoms with E-state index in [4.69, 9.17) is 11.5 Å². The predicted octanol–water partition coefficient (Wildman–Crippen LogP) is 1.47. The monoisotopic (exact) mass is 164 g/mol. The molecule has 4 N–H and O–H groups in total. The van der Waals surface area contributed by atoms with Crippen molar-refractivity contribution < 1.29 is 0 Å². The number of nitrogen functional groups attached to an aromatic ring is 1. The minimum absolute atomic E-state index is 0.200. The van der Waals surface area contributed by atoms with E-state index in [1.807, 2.05) is 26.0 Å². The number of rotatable bonds is 2. The molecule has 2 nitrogen and oxygen atoms in total. The highest BCUT2D eigenvalue weighted by molar-refractivity contribution is 5.44. The second kappa shape index (κ2) is 3.59. The summed E-state index contributed by atoms with van der Waals surface area (Å²) in [7, 11) is 0. The number of aryl methyl sites for hydroxylation is 1. The average molecular weight is 164 g/mol. The van der Waals surface area contributed by atoms with Gasteiger partial charge in [0.15, 0.2) is 0 Å². The molecule has 0 fully saturated rings. The van der Waals surface area contributed by atoms with Gasteiger partial charge in [-0.25, -0.2) is 0 Å². The molecule has 2 heteroatoms. The van der Waals surface area contributed by atoms with Crippen LogP contribution in [0.4, 0.5) is 5.69 Å². The highest BCUT2D eigenvalue weighted by Gasteiger charge is 1.99. The zero-order valence-electron chi connectivity index (χ0n) is 7.67. The average Bonchev–Trinajstić information content (AvgIpc) is 1.81. The summed E-state index contributed by atoms with van der Waals surface area (Å²) < 4.78 is 0. The van der Waals surface area contributed by atoms with E-state index in [-0.39, 0.29) is 6.04 Å². The quantitative estimate of drug-likeness (QED) is 0.650. The van der Waals surface area contributed by atoms with Gasteiger partial charge in [-0.3, -0.25) is 0 Å². The summed E-state index contributed by atoms with van der Waals surface area (Å²) in [5.41, 5.74) is 14.6. The Kier molecular flexibility index (Phi) is 2.71. The molecule has 12 heavy (non-hydrogen) atoms. The van der Waals surface area contributed by atoms with Crippen LogP contribution in [0, 0.1) is 6.92 Å². The molecular formula is C10H16N2. The third kappa shape index (κ3) is 2.55. The molecule has 1 aromatic rings. The molecule has 0 spiro atoms. The summed E-state index contributed by atoms with van der Waals surface area (Å²) in [6, 6.07) is 6.27. The molecule has 0 aliphatic carbocycles. The normalized spacial score (nSPS) is 12.9. The molecule has 0 heterocycles. The van der Waals surface area contributed by atoms with Crippen molar-refractivity contribution in [3.63, 3.8) is 0 Å². The number of anilines is 1. The zero-order valence-corrected chi connectivity index (χ0v) is 7.67. The second-order valence-corrected chi connectivity index (χ2v) is 3.43. The SMILES string of the molecule is Cc1cc(N)cc(CC(C)N)c1. The summed E-state index contributed by atoms with van der Waals surface area (Å²) in [6.45, 7) is 4.04. The van der Waals surface area contributed by atoms with Gasteiger partial charge in [0.2, 0.25) is 0 Å². The van der Waals surface area contributed by atoms with Gasteiger partial charge in [0.05, 0.1) is 0 Å². The Bertz CT molecular complexity index is 246. The van der Waals surface area contributed by atoms with Crippen LogP contribution in [-0.2, 0) is 6.42 Å². The maximum atomic E-state index is 5.69. The topological polar surface area (TPSA) is 52.0 Å². The van der Waals surface area contributed by atoms with Crippen molar-refractivity contribution in [3.8, 4) is 0 Å². The zero-order chi connectivity index (χ0) is 9.14. The molecule has 1 atom stereocenters. The van der Waals surface area contributed by atoms with Crippen LogP contribution in [0.15, 0.2) is 18.2 Å².